The topological polar surface area (TPSA) is 101 Å². The summed E-state index contributed by atoms with van der Waals surface area (Å²) in [5, 5.41) is 9.90. The van der Waals surface area contributed by atoms with Crippen LogP contribution in [0.4, 0.5) is 5.13 Å². The van der Waals surface area contributed by atoms with Gasteiger partial charge in [-0.1, -0.05) is 55.5 Å². The molecule has 0 spiro atoms. The molecule has 1 aromatic carbocycles. The van der Waals surface area contributed by atoms with Gasteiger partial charge in [0.05, 0.1) is 0 Å². The Hall–Kier alpha value is -1.84. The van der Waals surface area contributed by atoms with Crippen molar-refractivity contribution < 1.29 is 13.2 Å². The van der Waals surface area contributed by atoms with Gasteiger partial charge in [-0.25, -0.2) is 13.1 Å². The number of hydrogen-bond acceptors (Lipinski definition) is 6. The van der Waals surface area contributed by atoms with E-state index >= 15 is 0 Å². The lowest BCUT2D eigenvalue weighted by Gasteiger charge is -2.28. The normalized spacial score (nSPS) is 13.4. The van der Waals surface area contributed by atoms with Gasteiger partial charge in [-0.2, -0.15) is 0 Å². The summed E-state index contributed by atoms with van der Waals surface area (Å²) >= 11 is 0.820. The molecular weight excluding hydrogens is 360 g/mol. The number of amides is 1. The highest BCUT2D eigenvalue weighted by Gasteiger charge is 2.28. The molecule has 25 heavy (non-hydrogen) atoms. The largest absolute Gasteiger partial charge is 0.301 e. The number of aromatic nitrogens is 2. The molecule has 9 heteroatoms. The zero-order chi connectivity index (χ0) is 18.7. The molecule has 0 radical (unpaired) electrons. The van der Waals surface area contributed by atoms with E-state index < -0.39 is 10.0 Å². The maximum Gasteiger partial charge on any atom is 0.270 e. The molecular formula is C16H22N4O3S2. The third-order valence-electron chi connectivity index (χ3n) is 3.65. The predicted octanol–water partition coefficient (Wildman–Crippen LogP) is 2.53. The average Bonchev–Trinajstić information content (AvgIpc) is 2.95. The summed E-state index contributed by atoms with van der Waals surface area (Å²) in [6, 6.07) is 9.66. The molecule has 0 aliphatic rings. The second-order valence-corrected chi connectivity index (χ2v) is 9.40. The van der Waals surface area contributed by atoms with Crippen LogP contribution in [0.2, 0.25) is 0 Å². The zero-order valence-corrected chi connectivity index (χ0v) is 16.2. The molecule has 1 aromatic heterocycles. The van der Waals surface area contributed by atoms with Crippen LogP contribution in [0.3, 0.4) is 0 Å². The summed E-state index contributed by atoms with van der Waals surface area (Å²) < 4.78 is 27.4. The fourth-order valence-electron chi connectivity index (χ4n) is 2.65. The van der Waals surface area contributed by atoms with Crippen LogP contribution < -0.4 is 10.0 Å². The van der Waals surface area contributed by atoms with Crippen molar-refractivity contribution in [3.05, 3.63) is 35.9 Å². The van der Waals surface area contributed by atoms with E-state index in [-0.39, 0.29) is 26.8 Å². The summed E-state index contributed by atoms with van der Waals surface area (Å²) in [5.41, 5.74) is 0.955. The van der Waals surface area contributed by atoms with Crippen LogP contribution in [-0.2, 0) is 20.2 Å². The molecule has 1 unspecified atom stereocenters. The summed E-state index contributed by atoms with van der Waals surface area (Å²) in [6.45, 7) is 7.29. The highest BCUT2D eigenvalue weighted by molar-refractivity contribution is 7.91. The number of carbonyl (C=O) groups excluding carboxylic acids is 1. The second-order valence-electron chi connectivity index (χ2n) is 6.53. The van der Waals surface area contributed by atoms with Gasteiger partial charge in [-0.3, -0.25) is 4.79 Å². The highest BCUT2D eigenvalue weighted by atomic mass is 32.2. The van der Waals surface area contributed by atoms with Crippen molar-refractivity contribution >= 4 is 32.4 Å². The van der Waals surface area contributed by atoms with E-state index in [4.69, 9.17) is 0 Å². The molecule has 1 heterocycles. The summed E-state index contributed by atoms with van der Waals surface area (Å²) in [7, 11) is -3.79. The van der Waals surface area contributed by atoms with Gasteiger partial charge >= 0.3 is 0 Å². The van der Waals surface area contributed by atoms with Crippen LogP contribution in [0, 0.1) is 0 Å². The van der Waals surface area contributed by atoms with Gasteiger partial charge in [0, 0.05) is 13.0 Å². The third kappa shape index (κ3) is 5.32. The Bertz CT molecular complexity index is 832. The van der Waals surface area contributed by atoms with Gasteiger partial charge < -0.3 is 5.32 Å². The number of nitrogens with one attached hydrogen (secondary N) is 2. The molecule has 136 valence electrons. The Morgan fingerprint density at radius 1 is 1.24 bits per heavy atom. The SMILES string of the molecule is CC(=O)Nc1nnc(S(=O)(=O)NC(C)CC(C)(C)c2ccccc2)s1. The summed E-state index contributed by atoms with van der Waals surface area (Å²) in [6.07, 6.45) is 0.619. The van der Waals surface area contributed by atoms with E-state index in [0.29, 0.717) is 6.42 Å². The Balaban J connectivity index is 2.07. The molecule has 1 atom stereocenters. The lowest BCUT2D eigenvalue weighted by atomic mass is 9.79. The molecule has 0 saturated carbocycles. The van der Waals surface area contributed by atoms with Crippen molar-refractivity contribution in [2.75, 3.05) is 5.32 Å². The second kappa shape index (κ2) is 7.59. The van der Waals surface area contributed by atoms with E-state index in [1.165, 1.54) is 6.92 Å². The van der Waals surface area contributed by atoms with E-state index in [9.17, 15) is 13.2 Å². The van der Waals surface area contributed by atoms with E-state index in [1.54, 1.807) is 0 Å². The molecule has 2 rings (SSSR count). The van der Waals surface area contributed by atoms with E-state index in [0.717, 1.165) is 16.9 Å². The van der Waals surface area contributed by atoms with Crippen molar-refractivity contribution in [3.63, 3.8) is 0 Å². The van der Waals surface area contributed by atoms with Gasteiger partial charge in [0.1, 0.15) is 0 Å². The van der Waals surface area contributed by atoms with Crippen molar-refractivity contribution in [1.29, 1.82) is 0 Å². The molecule has 0 aliphatic carbocycles. The minimum absolute atomic E-state index is 0.158. The zero-order valence-electron chi connectivity index (χ0n) is 14.6. The van der Waals surface area contributed by atoms with Gasteiger partial charge in [0.25, 0.3) is 10.0 Å². The molecule has 0 fully saturated rings. The molecule has 7 nitrogen and oxygen atoms in total. The Labute approximate surface area is 151 Å². The van der Waals surface area contributed by atoms with Crippen LogP contribution in [0.1, 0.15) is 39.7 Å². The van der Waals surface area contributed by atoms with E-state index in [1.807, 2.05) is 37.3 Å². The number of hydrogen-bond donors (Lipinski definition) is 2. The highest BCUT2D eigenvalue weighted by Crippen LogP contribution is 2.29. The smallest absolute Gasteiger partial charge is 0.270 e. The number of nitrogens with zero attached hydrogens (tertiary/aromatic N) is 2. The molecule has 2 N–H and O–H groups in total. The monoisotopic (exact) mass is 382 g/mol. The van der Waals surface area contributed by atoms with Crippen molar-refractivity contribution in [3.8, 4) is 0 Å². The van der Waals surface area contributed by atoms with Crippen LogP contribution in [0.15, 0.2) is 34.7 Å². The van der Waals surface area contributed by atoms with Gasteiger partial charge in [0.15, 0.2) is 0 Å². The first-order chi connectivity index (χ1) is 11.6. The van der Waals surface area contributed by atoms with Gasteiger partial charge in [0.2, 0.25) is 15.4 Å². The Morgan fingerprint density at radius 2 is 1.88 bits per heavy atom. The lowest BCUT2D eigenvalue weighted by Crippen LogP contribution is -2.37. The Morgan fingerprint density at radius 3 is 2.48 bits per heavy atom. The quantitative estimate of drug-likeness (QED) is 0.717. The molecule has 0 aliphatic heterocycles. The number of rotatable bonds is 7. The number of sulfonamides is 1. The van der Waals surface area contributed by atoms with Gasteiger partial charge in [-0.15, -0.1) is 10.2 Å². The third-order valence-corrected chi connectivity index (χ3v) is 6.44. The molecule has 1 amide bonds. The number of carbonyl (C=O) groups is 1. The van der Waals surface area contributed by atoms with E-state index in [2.05, 4.69) is 34.1 Å². The first-order valence-electron chi connectivity index (χ1n) is 7.79. The van der Waals surface area contributed by atoms with Gasteiger partial charge in [-0.05, 0) is 24.3 Å². The number of anilines is 1. The maximum absolute atomic E-state index is 12.4. The van der Waals surface area contributed by atoms with Crippen molar-refractivity contribution in [2.24, 2.45) is 0 Å². The van der Waals surface area contributed by atoms with Crippen LogP contribution >= 0.6 is 11.3 Å². The first-order valence-corrected chi connectivity index (χ1v) is 10.1. The van der Waals surface area contributed by atoms with Crippen LogP contribution in [-0.4, -0.2) is 30.6 Å². The first kappa shape index (κ1) is 19.5. The van der Waals surface area contributed by atoms with Crippen LogP contribution in [0.25, 0.3) is 0 Å². The fraction of sp³-hybridized carbons (Fsp3) is 0.438. The van der Waals surface area contributed by atoms with Crippen molar-refractivity contribution in [1.82, 2.24) is 14.9 Å². The molecule has 0 bridgehead atoms. The minimum atomic E-state index is -3.79. The summed E-state index contributed by atoms with van der Waals surface area (Å²) in [4.78, 5) is 11.0. The fourth-order valence-corrected chi connectivity index (χ4v) is 4.85. The molecule has 2 aromatic rings. The predicted molar refractivity (Wildman–Crippen MR) is 98.1 cm³/mol. The molecule has 0 saturated heterocycles. The standard InChI is InChI=1S/C16H22N4O3S2/c1-11(10-16(3,4)13-8-6-5-7-9-13)20-25(22,23)15-19-18-14(24-15)17-12(2)21/h5-9,11,20H,10H2,1-4H3,(H,17,18,21). The maximum atomic E-state index is 12.4. The number of benzene rings is 1. The summed E-state index contributed by atoms with van der Waals surface area (Å²) in [5.74, 6) is -0.328. The average molecular weight is 383 g/mol. The Kier molecular flexibility index (Phi) is 5.91. The van der Waals surface area contributed by atoms with Crippen LogP contribution in [0.5, 0.6) is 0 Å². The minimum Gasteiger partial charge on any atom is -0.301 e. The van der Waals surface area contributed by atoms with Crippen molar-refractivity contribution in [2.45, 2.75) is 49.9 Å². The lowest BCUT2D eigenvalue weighted by molar-refractivity contribution is -0.114.